The number of rotatable bonds is 17. The van der Waals surface area contributed by atoms with Crippen LogP contribution in [0.3, 0.4) is 0 Å². The maximum atomic E-state index is 13.0. The molecule has 0 saturated carbocycles. The average Bonchev–Trinajstić information content (AvgIpc) is 2.69. The minimum Gasteiger partial charge on any atom is -0.457 e. The van der Waals surface area contributed by atoms with E-state index in [-0.39, 0.29) is 18.0 Å². The van der Waals surface area contributed by atoms with E-state index >= 15 is 0 Å². The molecule has 4 aromatic heterocycles. The molecule has 8 heterocycles. The van der Waals surface area contributed by atoms with Crippen LogP contribution in [0.25, 0.3) is 44.3 Å². The second-order valence-electron chi connectivity index (χ2n) is 20.7. The van der Waals surface area contributed by atoms with Gasteiger partial charge in [-0.15, -0.1) is 0 Å². The SMILES string of the molecule is CN(C/C=C/C(=O)N1CC[C@@H](n2c(Cl)c(-c3ccc(Oc4ccccc4)cc3)c3c(N)ncnc32)C1)[C@@H]1CCOC1.CN(C/C=C/OC=O)[C@@H]1CCOC1.Nc1ncnc2c1c(-c1ccc(Oc3ccccc3)cc1)c(Cl)n2[C@@H]1CCNC1. The minimum atomic E-state index is -0.0376. The number of halogens is 2. The fourth-order valence-corrected chi connectivity index (χ4v) is 11.7. The lowest BCUT2D eigenvalue weighted by molar-refractivity contribution is -0.125. The van der Waals surface area contributed by atoms with Crippen LogP contribution < -0.4 is 26.3 Å². The number of likely N-dealkylation sites (N-methyl/N-ethyl adjacent to an activating group) is 2. The highest BCUT2D eigenvalue weighted by Crippen LogP contribution is 2.45. The summed E-state index contributed by atoms with van der Waals surface area (Å²) in [7, 11) is 4.10. The predicted octanol–water partition coefficient (Wildman–Crippen LogP) is 10.2. The number of nitrogens with two attached hydrogens (primary N) is 2. The maximum absolute atomic E-state index is 13.0. The lowest BCUT2D eigenvalue weighted by Crippen LogP contribution is -2.32. The van der Waals surface area contributed by atoms with E-state index in [1.165, 1.54) is 18.9 Å². The number of likely N-dealkylation sites (tertiary alicyclic amines) is 1. The fraction of sp³-hybridized carbons (Fsp3) is 0.323. The second kappa shape index (κ2) is 27.9. The Kier molecular flexibility index (Phi) is 19.6. The molecule has 8 aromatic rings. The van der Waals surface area contributed by atoms with Gasteiger partial charge in [0.25, 0.3) is 6.47 Å². The zero-order valence-electron chi connectivity index (χ0n) is 46.4. The van der Waals surface area contributed by atoms with E-state index in [4.69, 9.17) is 53.6 Å². The van der Waals surface area contributed by atoms with E-state index in [9.17, 15) is 9.59 Å². The number of nitrogens with zero attached hydrogens (tertiary/aromatic N) is 9. The molecular formula is C62H68Cl2N12O7. The van der Waals surface area contributed by atoms with Gasteiger partial charge in [-0.1, -0.05) is 89.9 Å². The first-order chi connectivity index (χ1) is 40.6. The molecule has 83 heavy (non-hydrogen) atoms. The number of ether oxygens (including phenoxy) is 5. The van der Waals surface area contributed by atoms with Crippen LogP contribution in [0.2, 0.25) is 10.3 Å². The lowest BCUT2D eigenvalue weighted by Gasteiger charge is -2.21. The molecule has 0 aliphatic carbocycles. The Morgan fingerprint density at radius 1 is 0.663 bits per heavy atom. The third-order valence-electron chi connectivity index (χ3n) is 15.3. The molecule has 432 valence electrons. The van der Waals surface area contributed by atoms with Crippen molar-refractivity contribution in [1.82, 2.24) is 49.1 Å². The number of benzene rings is 4. The normalized spacial score (nSPS) is 18.7. The van der Waals surface area contributed by atoms with Gasteiger partial charge >= 0.3 is 0 Å². The van der Waals surface area contributed by atoms with Gasteiger partial charge < -0.3 is 54.5 Å². The first-order valence-corrected chi connectivity index (χ1v) is 28.5. The second-order valence-corrected chi connectivity index (χ2v) is 21.4. The number of para-hydroxylation sites is 2. The smallest absolute Gasteiger partial charge is 0.297 e. The van der Waals surface area contributed by atoms with Crippen molar-refractivity contribution in [2.45, 2.75) is 49.9 Å². The van der Waals surface area contributed by atoms with E-state index in [1.807, 2.05) is 138 Å². The number of carbonyl (C=O) groups is 2. The molecular weight excluding hydrogens is 1100 g/mol. The summed E-state index contributed by atoms with van der Waals surface area (Å²) in [5.41, 5.74) is 17.5. The third-order valence-corrected chi connectivity index (χ3v) is 16.1. The number of hydrogen-bond donors (Lipinski definition) is 3. The van der Waals surface area contributed by atoms with Crippen molar-refractivity contribution < 1.29 is 33.3 Å². The number of hydrogen-bond acceptors (Lipinski definition) is 16. The Morgan fingerprint density at radius 2 is 1.16 bits per heavy atom. The molecule has 0 radical (unpaired) electrons. The van der Waals surface area contributed by atoms with Crippen molar-refractivity contribution in [3.8, 4) is 45.3 Å². The average molecular weight is 1160 g/mol. The molecule has 4 atom stereocenters. The van der Waals surface area contributed by atoms with E-state index in [0.29, 0.717) is 76.9 Å². The molecule has 12 rings (SSSR count). The summed E-state index contributed by atoms with van der Waals surface area (Å²) in [4.78, 5) is 46.6. The third kappa shape index (κ3) is 14.0. The van der Waals surface area contributed by atoms with Gasteiger partial charge in [-0.05, 0) is 112 Å². The van der Waals surface area contributed by atoms with Gasteiger partial charge in [-0.2, -0.15) is 0 Å². The lowest BCUT2D eigenvalue weighted by atomic mass is 10.1. The fourth-order valence-electron chi connectivity index (χ4n) is 10.9. The molecule has 0 spiro atoms. The predicted molar refractivity (Wildman–Crippen MR) is 324 cm³/mol. The molecule has 0 bridgehead atoms. The van der Waals surface area contributed by atoms with Crippen LogP contribution >= 0.6 is 23.2 Å². The summed E-state index contributed by atoms with van der Waals surface area (Å²) in [6.45, 7) is 8.09. The van der Waals surface area contributed by atoms with E-state index in [1.54, 1.807) is 6.08 Å². The molecule has 4 saturated heterocycles. The highest BCUT2D eigenvalue weighted by atomic mass is 35.5. The summed E-state index contributed by atoms with van der Waals surface area (Å²) in [5, 5.41) is 6.05. The highest BCUT2D eigenvalue weighted by Gasteiger charge is 2.33. The standard InChI is InChI=1S/C31H33ClN6O3.C22H20ClN5O.C9H15NO3/c1-36(23-14-17-40-19-23)15-5-8-26(39)37-16-13-22(18-37)38-29(32)27(28-30(33)34-20-35-31(28)38)21-9-11-25(12-10-21)41-24-6-3-2-4-7-24;23-20-18(14-6-8-17(9-7-14)29-16-4-2-1-3-5-16)19-21(24)26-13-27-22(19)28(20)15-10-11-25-12-15;1-10(4-2-5-13-8-11)9-3-6-12-7-9/h2-12,20,22-23H,13-19H2,1H3,(H2,33,34,35);1-9,13,15,25H,10-12H2,(H2,24,26,27);2,5,8-9H,3-4,6-7H2,1H3/b8-5+;;5-2+/t22-,23-;15-;9-/m111/s1. The number of fused-ring (bicyclic) bond motifs is 2. The minimum absolute atomic E-state index is 0.000441. The number of anilines is 2. The van der Waals surface area contributed by atoms with Gasteiger partial charge in [0.15, 0.2) is 0 Å². The Hall–Kier alpha value is -7.88. The van der Waals surface area contributed by atoms with Crippen molar-refractivity contribution in [2.24, 2.45) is 0 Å². The quantitative estimate of drug-likeness (QED) is 0.0439. The van der Waals surface area contributed by atoms with Crippen LogP contribution in [-0.2, 0) is 23.8 Å². The molecule has 4 fully saturated rings. The van der Waals surface area contributed by atoms with E-state index in [2.05, 4.69) is 51.4 Å². The van der Waals surface area contributed by atoms with Gasteiger partial charge in [0.2, 0.25) is 5.91 Å². The summed E-state index contributed by atoms with van der Waals surface area (Å²) >= 11 is 14.0. The first kappa shape index (κ1) is 58.3. The van der Waals surface area contributed by atoms with Crippen LogP contribution in [0.4, 0.5) is 11.6 Å². The number of carbonyl (C=O) groups excluding carboxylic acids is 2. The van der Waals surface area contributed by atoms with Crippen molar-refractivity contribution in [2.75, 3.05) is 91.3 Å². The van der Waals surface area contributed by atoms with Gasteiger partial charge in [0, 0.05) is 75.2 Å². The van der Waals surface area contributed by atoms with Crippen molar-refractivity contribution in [3.63, 3.8) is 0 Å². The molecule has 1 amide bonds. The molecule has 4 aromatic carbocycles. The van der Waals surface area contributed by atoms with Gasteiger partial charge in [-0.3, -0.25) is 19.4 Å². The summed E-state index contributed by atoms with van der Waals surface area (Å²) in [6.07, 6.45) is 13.6. The summed E-state index contributed by atoms with van der Waals surface area (Å²) < 4.78 is 31.1. The van der Waals surface area contributed by atoms with Crippen LogP contribution in [-0.4, -0.2) is 148 Å². The number of nitrogen functional groups attached to an aromatic ring is 2. The van der Waals surface area contributed by atoms with Crippen molar-refractivity contribution in [1.29, 1.82) is 0 Å². The van der Waals surface area contributed by atoms with Crippen molar-refractivity contribution >= 4 is 69.3 Å². The van der Waals surface area contributed by atoms with E-state index in [0.717, 1.165) is 122 Å². The maximum Gasteiger partial charge on any atom is 0.297 e. The number of aromatic nitrogens is 6. The summed E-state index contributed by atoms with van der Waals surface area (Å²) in [5.74, 6) is 3.81. The first-order valence-electron chi connectivity index (χ1n) is 27.8. The van der Waals surface area contributed by atoms with Crippen LogP contribution in [0, 0.1) is 0 Å². The largest absolute Gasteiger partial charge is 0.457 e. The Morgan fingerprint density at radius 3 is 1.63 bits per heavy atom. The highest BCUT2D eigenvalue weighted by molar-refractivity contribution is 6.36. The molecule has 5 N–H and O–H groups in total. The number of nitrogens with one attached hydrogen (secondary N) is 1. The zero-order chi connectivity index (χ0) is 57.7. The molecule has 4 aliphatic rings. The molecule has 19 nitrogen and oxygen atoms in total. The van der Waals surface area contributed by atoms with Gasteiger partial charge in [0.1, 0.15) is 68.9 Å². The summed E-state index contributed by atoms with van der Waals surface area (Å²) in [6, 6.07) is 36.0. The van der Waals surface area contributed by atoms with Crippen LogP contribution in [0.5, 0.6) is 23.0 Å². The zero-order valence-corrected chi connectivity index (χ0v) is 47.9. The molecule has 4 aliphatic heterocycles. The number of amides is 1. The Balaban J connectivity index is 0.000000158. The van der Waals surface area contributed by atoms with Crippen LogP contribution in [0.15, 0.2) is 146 Å². The Bertz CT molecular complexity index is 3490. The monoisotopic (exact) mass is 1160 g/mol. The van der Waals surface area contributed by atoms with Gasteiger partial charge in [-0.25, -0.2) is 19.9 Å². The van der Waals surface area contributed by atoms with Gasteiger partial charge in [0.05, 0.1) is 42.3 Å². The topological polar surface area (TPSA) is 216 Å². The molecule has 21 heteroatoms. The Labute approximate surface area is 492 Å². The van der Waals surface area contributed by atoms with Crippen molar-refractivity contribution in [3.05, 3.63) is 157 Å². The van der Waals surface area contributed by atoms with E-state index < -0.39 is 0 Å². The van der Waals surface area contributed by atoms with Crippen LogP contribution in [0.1, 0.15) is 37.8 Å². The molecule has 0 unspecified atom stereocenters.